The summed E-state index contributed by atoms with van der Waals surface area (Å²) in [6.07, 6.45) is -3.66. The predicted molar refractivity (Wildman–Crippen MR) is 129 cm³/mol. The van der Waals surface area contributed by atoms with Gasteiger partial charge in [0.15, 0.2) is 9.84 Å². The molecule has 0 saturated carbocycles. The monoisotopic (exact) mass is 540 g/mol. The van der Waals surface area contributed by atoms with Gasteiger partial charge in [-0.1, -0.05) is 47.6 Å². The maximum Gasteiger partial charge on any atom is 0.418 e. The molecule has 13 heteroatoms. The summed E-state index contributed by atoms with van der Waals surface area (Å²) in [7, 11) is -3.53. The first kappa shape index (κ1) is 27.0. The molecule has 0 bridgehead atoms. The number of sulfone groups is 1. The molecule has 0 aliphatic rings. The van der Waals surface area contributed by atoms with E-state index in [1.165, 1.54) is 42.5 Å². The van der Waals surface area contributed by atoms with Crippen molar-refractivity contribution in [3.05, 3.63) is 77.4 Å². The predicted octanol–water partition coefficient (Wildman–Crippen LogP) is 5.75. The average molecular weight is 541 g/mol. The number of halogens is 4. The van der Waals surface area contributed by atoms with Crippen LogP contribution in [-0.4, -0.2) is 37.1 Å². The molecule has 0 radical (unpaired) electrons. The second kappa shape index (κ2) is 10.5. The maximum absolute atomic E-state index is 13.6. The van der Waals surface area contributed by atoms with Gasteiger partial charge in [-0.05, 0) is 31.2 Å². The number of rotatable bonds is 9. The van der Waals surface area contributed by atoms with Gasteiger partial charge in [0.1, 0.15) is 17.2 Å². The Kier molecular flexibility index (Phi) is 7.89. The highest BCUT2D eigenvalue weighted by atomic mass is 35.5. The van der Waals surface area contributed by atoms with Crippen molar-refractivity contribution in [2.24, 2.45) is 0 Å². The van der Waals surface area contributed by atoms with E-state index in [4.69, 9.17) is 26.3 Å². The normalized spacial score (nSPS) is 12.6. The zero-order valence-electron chi connectivity index (χ0n) is 19.0. The first-order valence-electron chi connectivity index (χ1n) is 10.2. The van der Waals surface area contributed by atoms with Crippen LogP contribution in [0.25, 0.3) is 17.1 Å². The van der Waals surface area contributed by atoms with E-state index in [1.54, 1.807) is 6.92 Å². The molecule has 190 valence electrons. The van der Waals surface area contributed by atoms with Crippen molar-refractivity contribution in [2.75, 3.05) is 18.2 Å². The van der Waals surface area contributed by atoms with E-state index < -0.39 is 32.3 Å². The lowest BCUT2D eigenvalue weighted by atomic mass is 10.1. The lowest BCUT2D eigenvalue weighted by molar-refractivity contribution is -0.136. The second-order valence-electron chi connectivity index (χ2n) is 7.31. The topological polar surface area (TPSA) is 118 Å². The number of allylic oxidation sites excluding steroid dienone is 1. The average Bonchev–Trinajstić information content (AvgIpc) is 3.31. The molecule has 0 aliphatic heterocycles. The Labute approximate surface area is 209 Å². The molecule has 0 amide bonds. The molecule has 1 heterocycles. The molecule has 0 aliphatic carbocycles. The highest BCUT2D eigenvalue weighted by molar-refractivity contribution is 7.90. The molecule has 8 nitrogen and oxygen atoms in total. The molecule has 2 aromatic carbocycles. The molecule has 0 saturated heterocycles. The quantitative estimate of drug-likeness (QED) is 0.262. The molecular weight excluding hydrogens is 521 g/mol. The van der Waals surface area contributed by atoms with Crippen molar-refractivity contribution in [2.45, 2.75) is 18.0 Å². The van der Waals surface area contributed by atoms with E-state index in [9.17, 15) is 21.6 Å². The zero-order chi connectivity index (χ0) is 26.7. The van der Waals surface area contributed by atoms with Gasteiger partial charge in [0.2, 0.25) is 5.82 Å². The van der Waals surface area contributed by atoms with Crippen LogP contribution >= 0.6 is 11.6 Å². The summed E-state index contributed by atoms with van der Waals surface area (Å²) in [5.74, 6) is -0.546. The zero-order valence-corrected chi connectivity index (χ0v) is 20.6. The molecule has 1 aromatic heterocycles. The molecule has 2 N–H and O–H groups in total. The minimum Gasteiger partial charge on any atom is -0.492 e. The van der Waals surface area contributed by atoms with Gasteiger partial charge in [0, 0.05) is 11.8 Å². The Bertz CT molecular complexity index is 1450. The molecule has 0 spiro atoms. The van der Waals surface area contributed by atoms with E-state index in [1.807, 2.05) is 0 Å². The maximum atomic E-state index is 13.6. The Balaban J connectivity index is 2.13. The number of nitrogens with zero attached hydrogens (tertiary/aromatic N) is 2. The fraction of sp³-hybridized carbons (Fsp3) is 0.174. The Morgan fingerprint density at radius 1 is 1.22 bits per heavy atom. The summed E-state index contributed by atoms with van der Waals surface area (Å²) in [5.41, 5.74) is -1.84. The molecule has 0 fully saturated rings. The van der Waals surface area contributed by atoms with Crippen molar-refractivity contribution in [3.63, 3.8) is 0 Å². The van der Waals surface area contributed by atoms with Crippen molar-refractivity contribution >= 4 is 38.5 Å². The largest absolute Gasteiger partial charge is 0.492 e. The van der Waals surface area contributed by atoms with Gasteiger partial charge in [-0.15, -0.1) is 0 Å². The first-order valence-corrected chi connectivity index (χ1v) is 12.5. The highest BCUT2D eigenvalue weighted by Gasteiger charge is 2.34. The fourth-order valence-corrected chi connectivity index (χ4v) is 3.88. The van der Waals surface area contributed by atoms with Crippen LogP contribution in [0.4, 0.5) is 18.9 Å². The smallest absolute Gasteiger partial charge is 0.418 e. The van der Waals surface area contributed by atoms with E-state index in [0.717, 1.165) is 12.3 Å². The standard InChI is InChI=1S/C23H20ClF3N4O4S/c1-4-34-13(2)19(28)18(24)20(29-17-11-6-5-10-16(17)23(25,26)27)22-30-21(31-35-22)14-8-7-9-15(12-14)36(3,32)33/h5-12,28-29H,2,4H2,1,3H3/b20-18+,28-19?. The van der Waals surface area contributed by atoms with Gasteiger partial charge in [0.25, 0.3) is 5.89 Å². The van der Waals surface area contributed by atoms with Crippen LogP contribution in [0.3, 0.4) is 0 Å². The molecule has 0 atom stereocenters. The van der Waals surface area contributed by atoms with Gasteiger partial charge >= 0.3 is 6.18 Å². The lowest BCUT2D eigenvalue weighted by Crippen LogP contribution is -2.14. The van der Waals surface area contributed by atoms with E-state index in [0.29, 0.717) is 0 Å². The number of para-hydroxylation sites is 1. The number of nitrogens with one attached hydrogen (secondary N) is 2. The van der Waals surface area contributed by atoms with E-state index in [-0.39, 0.29) is 45.9 Å². The van der Waals surface area contributed by atoms with E-state index in [2.05, 4.69) is 22.0 Å². The molecule has 3 aromatic rings. The minimum absolute atomic E-state index is 0.00664. The van der Waals surface area contributed by atoms with Crippen LogP contribution in [0.1, 0.15) is 18.4 Å². The van der Waals surface area contributed by atoms with Gasteiger partial charge in [0.05, 0.1) is 27.8 Å². The van der Waals surface area contributed by atoms with Crippen LogP contribution in [-0.2, 0) is 20.8 Å². The van der Waals surface area contributed by atoms with Gasteiger partial charge < -0.3 is 14.6 Å². The summed E-state index contributed by atoms with van der Waals surface area (Å²) >= 11 is 6.38. The third-order valence-corrected chi connectivity index (χ3v) is 6.18. The third kappa shape index (κ3) is 6.13. The summed E-state index contributed by atoms with van der Waals surface area (Å²) in [5, 5.41) is 14.2. The van der Waals surface area contributed by atoms with Crippen LogP contribution in [0, 0.1) is 5.41 Å². The first-order chi connectivity index (χ1) is 16.8. The number of hydrogen-bond donors (Lipinski definition) is 2. The van der Waals surface area contributed by atoms with Crippen molar-refractivity contribution in [1.82, 2.24) is 10.1 Å². The summed E-state index contributed by atoms with van der Waals surface area (Å²) in [6.45, 7) is 5.42. The van der Waals surface area contributed by atoms with Crippen molar-refractivity contribution in [3.8, 4) is 11.4 Å². The number of anilines is 1. The number of hydrogen-bond acceptors (Lipinski definition) is 8. The van der Waals surface area contributed by atoms with E-state index >= 15 is 0 Å². The molecule has 3 rings (SSSR count). The van der Waals surface area contributed by atoms with Crippen LogP contribution in [0.15, 0.2) is 75.3 Å². The lowest BCUT2D eigenvalue weighted by Gasteiger charge is -2.16. The number of aromatic nitrogens is 2. The van der Waals surface area contributed by atoms with Crippen LogP contribution in [0.2, 0.25) is 0 Å². The number of alkyl halides is 3. The molecular formula is C23H20ClF3N4O4S. The molecule has 0 unspecified atom stereocenters. The second-order valence-corrected chi connectivity index (χ2v) is 9.71. The summed E-state index contributed by atoms with van der Waals surface area (Å²) < 4.78 is 75.0. The number of ether oxygens (including phenoxy) is 1. The van der Waals surface area contributed by atoms with Crippen molar-refractivity contribution in [1.29, 1.82) is 5.41 Å². The summed E-state index contributed by atoms with van der Waals surface area (Å²) in [6, 6.07) is 10.3. The van der Waals surface area contributed by atoms with Gasteiger partial charge in [-0.2, -0.15) is 18.2 Å². The summed E-state index contributed by atoms with van der Waals surface area (Å²) in [4.78, 5) is 4.18. The Morgan fingerprint density at radius 3 is 2.56 bits per heavy atom. The SMILES string of the molecule is C=C(OCC)C(=N)/C(Cl)=C(\Nc1ccccc1C(F)(F)F)c1nc(-c2cccc(S(C)(=O)=O)c2)no1. The number of benzene rings is 2. The highest BCUT2D eigenvalue weighted by Crippen LogP contribution is 2.37. The Hall–Kier alpha value is -3.64. The molecule has 36 heavy (non-hydrogen) atoms. The third-order valence-electron chi connectivity index (χ3n) is 4.69. The van der Waals surface area contributed by atoms with Gasteiger partial charge in [-0.3, -0.25) is 5.41 Å². The fourth-order valence-electron chi connectivity index (χ4n) is 2.98. The van der Waals surface area contributed by atoms with Gasteiger partial charge in [-0.25, -0.2) is 8.42 Å². The van der Waals surface area contributed by atoms with Crippen molar-refractivity contribution < 1.29 is 30.8 Å². The Morgan fingerprint density at radius 2 is 1.92 bits per heavy atom. The minimum atomic E-state index is -4.70. The van der Waals surface area contributed by atoms with Crippen LogP contribution < -0.4 is 5.32 Å². The van der Waals surface area contributed by atoms with Crippen LogP contribution in [0.5, 0.6) is 0 Å².